The van der Waals surface area contributed by atoms with Crippen molar-refractivity contribution in [1.82, 2.24) is 5.32 Å². The van der Waals surface area contributed by atoms with Crippen LogP contribution in [0.3, 0.4) is 0 Å². The van der Waals surface area contributed by atoms with E-state index in [2.05, 4.69) is 21.2 Å². The van der Waals surface area contributed by atoms with E-state index in [1.165, 1.54) is 12.1 Å². The zero-order chi connectivity index (χ0) is 14.0. The van der Waals surface area contributed by atoms with Crippen LogP contribution in [0.25, 0.3) is 0 Å². The third kappa shape index (κ3) is 3.76. The molecule has 1 aliphatic heterocycles. The molecule has 1 heterocycles. The van der Waals surface area contributed by atoms with Crippen LogP contribution in [0.2, 0.25) is 0 Å². The predicted molar refractivity (Wildman–Crippen MR) is 74.6 cm³/mol. The average molecular weight is 330 g/mol. The van der Waals surface area contributed by atoms with Gasteiger partial charge in [-0.25, -0.2) is 4.39 Å². The summed E-state index contributed by atoms with van der Waals surface area (Å²) in [7, 11) is 0. The Balaban J connectivity index is 2.06. The van der Waals surface area contributed by atoms with E-state index in [-0.39, 0.29) is 23.1 Å². The lowest BCUT2D eigenvalue weighted by atomic mass is 9.94. The maximum Gasteiger partial charge on any atom is 0.254 e. The van der Waals surface area contributed by atoms with Crippen molar-refractivity contribution in [1.29, 1.82) is 0 Å². The van der Waals surface area contributed by atoms with Gasteiger partial charge in [-0.3, -0.25) is 4.79 Å². The molecule has 0 aliphatic carbocycles. The number of halogens is 2. The van der Waals surface area contributed by atoms with E-state index in [1.54, 1.807) is 6.07 Å². The molecule has 0 spiro atoms. The fraction of sp³-hybridized carbons (Fsp3) is 0.500. The second-order valence-electron chi connectivity index (χ2n) is 5.40. The Hall–Kier alpha value is -0.940. The second kappa shape index (κ2) is 5.59. The van der Waals surface area contributed by atoms with Crippen molar-refractivity contribution in [2.24, 2.45) is 0 Å². The molecule has 3 nitrogen and oxygen atoms in total. The van der Waals surface area contributed by atoms with Crippen LogP contribution < -0.4 is 5.32 Å². The van der Waals surface area contributed by atoms with Crippen LogP contribution in [0.15, 0.2) is 22.7 Å². The molecule has 1 atom stereocenters. The smallest absolute Gasteiger partial charge is 0.254 e. The summed E-state index contributed by atoms with van der Waals surface area (Å²) in [6.07, 6.45) is 1.49. The molecule has 1 unspecified atom stereocenters. The van der Waals surface area contributed by atoms with Crippen molar-refractivity contribution >= 4 is 21.8 Å². The van der Waals surface area contributed by atoms with Gasteiger partial charge in [0, 0.05) is 17.1 Å². The van der Waals surface area contributed by atoms with Crippen molar-refractivity contribution in [2.45, 2.75) is 38.3 Å². The molecule has 0 bridgehead atoms. The largest absolute Gasteiger partial charge is 0.375 e. The summed E-state index contributed by atoms with van der Waals surface area (Å²) in [5.74, 6) is -0.881. The molecule has 1 aromatic carbocycles. The SMILES string of the molecule is CC1(C)CC(NC(=O)c2cc(Br)ccc2F)CCO1. The number of carbonyl (C=O) groups excluding carboxylic acids is 1. The first-order valence-corrected chi connectivity index (χ1v) is 7.06. The Morgan fingerprint density at radius 2 is 2.26 bits per heavy atom. The lowest BCUT2D eigenvalue weighted by molar-refractivity contribution is -0.0615. The van der Waals surface area contributed by atoms with E-state index in [0.29, 0.717) is 11.1 Å². The van der Waals surface area contributed by atoms with Gasteiger partial charge in [-0.1, -0.05) is 15.9 Å². The average Bonchev–Trinajstić information content (AvgIpc) is 2.31. The molecule has 1 aromatic rings. The van der Waals surface area contributed by atoms with Crippen LogP contribution in [0.4, 0.5) is 4.39 Å². The highest BCUT2D eigenvalue weighted by Crippen LogP contribution is 2.24. The number of nitrogens with one attached hydrogen (secondary N) is 1. The monoisotopic (exact) mass is 329 g/mol. The van der Waals surface area contributed by atoms with Crippen LogP contribution in [-0.4, -0.2) is 24.2 Å². The van der Waals surface area contributed by atoms with Gasteiger partial charge in [0.15, 0.2) is 0 Å². The van der Waals surface area contributed by atoms with E-state index in [0.717, 1.165) is 12.8 Å². The third-order valence-electron chi connectivity index (χ3n) is 3.21. The Morgan fingerprint density at radius 3 is 2.95 bits per heavy atom. The van der Waals surface area contributed by atoms with Gasteiger partial charge >= 0.3 is 0 Å². The molecule has 104 valence electrons. The van der Waals surface area contributed by atoms with Crippen LogP contribution in [0.5, 0.6) is 0 Å². The van der Waals surface area contributed by atoms with Crippen molar-refractivity contribution in [3.63, 3.8) is 0 Å². The highest BCUT2D eigenvalue weighted by atomic mass is 79.9. The Labute approximate surface area is 120 Å². The minimum Gasteiger partial charge on any atom is -0.375 e. The molecule has 1 amide bonds. The van der Waals surface area contributed by atoms with Gasteiger partial charge in [-0.05, 0) is 44.9 Å². The highest BCUT2D eigenvalue weighted by molar-refractivity contribution is 9.10. The summed E-state index contributed by atoms with van der Waals surface area (Å²) < 4.78 is 19.9. The minimum atomic E-state index is -0.507. The van der Waals surface area contributed by atoms with Crippen LogP contribution in [-0.2, 0) is 4.74 Å². The van der Waals surface area contributed by atoms with Crippen molar-refractivity contribution in [3.8, 4) is 0 Å². The lowest BCUT2D eigenvalue weighted by Gasteiger charge is -2.35. The zero-order valence-electron chi connectivity index (χ0n) is 11.0. The maximum atomic E-state index is 13.6. The molecule has 0 aromatic heterocycles. The molecule has 2 rings (SSSR count). The third-order valence-corrected chi connectivity index (χ3v) is 3.70. The van der Waals surface area contributed by atoms with E-state index in [9.17, 15) is 9.18 Å². The fourth-order valence-corrected chi connectivity index (χ4v) is 2.65. The normalized spacial score (nSPS) is 22.0. The van der Waals surface area contributed by atoms with E-state index >= 15 is 0 Å². The molecule has 1 saturated heterocycles. The first-order valence-electron chi connectivity index (χ1n) is 6.27. The topological polar surface area (TPSA) is 38.3 Å². The van der Waals surface area contributed by atoms with Gasteiger partial charge in [0.05, 0.1) is 11.2 Å². The second-order valence-corrected chi connectivity index (χ2v) is 6.31. The van der Waals surface area contributed by atoms with Gasteiger partial charge in [0.1, 0.15) is 5.82 Å². The van der Waals surface area contributed by atoms with Gasteiger partial charge in [0.2, 0.25) is 0 Å². The molecule has 1 aliphatic rings. The highest BCUT2D eigenvalue weighted by Gasteiger charge is 2.30. The lowest BCUT2D eigenvalue weighted by Crippen LogP contribution is -2.46. The maximum absolute atomic E-state index is 13.6. The zero-order valence-corrected chi connectivity index (χ0v) is 12.6. The van der Waals surface area contributed by atoms with E-state index < -0.39 is 5.82 Å². The van der Waals surface area contributed by atoms with Crippen LogP contribution in [0.1, 0.15) is 37.0 Å². The summed E-state index contributed by atoms with van der Waals surface area (Å²) in [5.41, 5.74) is -0.176. The quantitative estimate of drug-likeness (QED) is 0.904. The van der Waals surface area contributed by atoms with Gasteiger partial charge in [-0.2, -0.15) is 0 Å². The van der Waals surface area contributed by atoms with Crippen molar-refractivity contribution < 1.29 is 13.9 Å². The Morgan fingerprint density at radius 1 is 1.53 bits per heavy atom. The molecule has 5 heteroatoms. The Kier molecular flexibility index (Phi) is 4.26. The van der Waals surface area contributed by atoms with Gasteiger partial charge in [-0.15, -0.1) is 0 Å². The molecular weight excluding hydrogens is 313 g/mol. The number of ether oxygens (including phenoxy) is 1. The standard InChI is InChI=1S/C14H17BrFNO2/c1-14(2)8-10(5-6-19-14)17-13(18)11-7-9(15)3-4-12(11)16/h3-4,7,10H,5-6,8H2,1-2H3,(H,17,18). The van der Waals surface area contributed by atoms with Crippen molar-refractivity contribution in [2.75, 3.05) is 6.61 Å². The first-order chi connectivity index (χ1) is 8.87. The number of hydrogen-bond acceptors (Lipinski definition) is 2. The summed E-state index contributed by atoms with van der Waals surface area (Å²) >= 11 is 3.24. The van der Waals surface area contributed by atoms with Gasteiger partial charge in [0.25, 0.3) is 5.91 Å². The molecule has 1 fully saturated rings. The molecule has 0 radical (unpaired) electrons. The summed E-state index contributed by atoms with van der Waals surface area (Å²) in [4.78, 5) is 12.1. The first kappa shape index (κ1) is 14.5. The van der Waals surface area contributed by atoms with Gasteiger partial charge < -0.3 is 10.1 Å². The summed E-state index contributed by atoms with van der Waals surface area (Å²) in [5, 5.41) is 2.88. The Bertz CT molecular complexity index is 490. The molecule has 1 N–H and O–H groups in total. The number of benzene rings is 1. The number of carbonyl (C=O) groups is 1. The predicted octanol–water partition coefficient (Wildman–Crippen LogP) is 3.28. The number of hydrogen-bond donors (Lipinski definition) is 1. The molecule has 0 saturated carbocycles. The number of amides is 1. The van der Waals surface area contributed by atoms with E-state index in [1.807, 2.05) is 13.8 Å². The fourth-order valence-electron chi connectivity index (χ4n) is 2.29. The molecular formula is C14H17BrFNO2. The molecule has 19 heavy (non-hydrogen) atoms. The minimum absolute atomic E-state index is 0.0228. The van der Waals surface area contributed by atoms with Crippen molar-refractivity contribution in [3.05, 3.63) is 34.1 Å². The van der Waals surface area contributed by atoms with E-state index in [4.69, 9.17) is 4.74 Å². The summed E-state index contributed by atoms with van der Waals surface area (Å²) in [6.45, 7) is 4.59. The number of rotatable bonds is 2. The van der Waals surface area contributed by atoms with Crippen LogP contribution in [0, 0.1) is 5.82 Å². The summed E-state index contributed by atoms with van der Waals surface area (Å²) in [6, 6.07) is 4.38. The van der Waals surface area contributed by atoms with Crippen LogP contribution >= 0.6 is 15.9 Å².